The van der Waals surface area contributed by atoms with Gasteiger partial charge in [0.25, 0.3) is 0 Å². The average molecular weight is 366 g/mol. The molecule has 138 valence electrons. The maximum absolute atomic E-state index is 12.3. The molecule has 1 aliphatic heterocycles. The molecule has 1 aliphatic rings. The van der Waals surface area contributed by atoms with Crippen LogP contribution in [-0.2, 0) is 4.79 Å². The van der Waals surface area contributed by atoms with Gasteiger partial charge in [0.2, 0.25) is 0 Å². The Morgan fingerprint density at radius 1 is 1.15 bits per heavy atom. The van der Waals surface area contributed by atoms with Gasteiger partial charge in [-0.15, -0.1) is 0 Å². The lowest BCUT2D eigenvalue weighted by molar-refractivity contribution is -0.167. The van der Waals surface area contributed by atoms with Gasteiger partial charge in [0, 0.05) is 30.4 Å². The molecule has 0 saturated carbocycles. The minimum atomic E-state index is -4.93. The maximum Gasteiger partial charge on any atom is 0.471 e. The summed E-state index contributed by atoms with van der Waals surface area (Å²) >= 11 is 0. The fourth-order valence-corrected chi connectivity index (χ4v) is 2.70. The van der Waals surface area contributed by atoms with Gasteiger partial charge in [-0.05, 0) is 25.0 Å². The number of benzene rings is 1. The van der Waals surface area contributed by atoms with Gasteiger partial charge in [0.15, 0.2) is 0 Å². The molecule has 0 atom stereocenters. The third-order valence-corrected chi connectivity index (χ3v) is 4.14. The largest absolute Gasteiger partial charge is 0.471 e. The molecule has 1 aromatic heterocycles. The molecule has 1 saturated heterocycles. The Kier molecular flexibility index (Phi) is 5.08. The molecular weight excluding hydrogens is 349 g/mol. The van der Waals surface area contributed by atoms with Crippen LogP contribution in [0.4, 0.5) is 24.7 Å². The Morgan fingerprint density at radius 3 is 2.42 bits per heavy atom. The van der Waals surface area contributed by atoms with Crippen LogP contribution in [0.2, 0.25) is 0 Å². The highest BCUT2D eigenvalue weighted by molar-refractivity contribution is 5.95. The quantitative estimate of drug-likeness (QED) is 0.873. The van der Waals surface area contributed by atoms with Crippen LogP contribution < -0.4 is 10.2 Å². The predicted molar refractivity (Wildman–Crippen MR) is 89.6 cm³/mol. The van der Waals surface area contributed by atoms with E-state index in [9.17, 15) is 23.1 Å². The topological polar surface area (TPSA) is 78.4 Å². The van der Waals surface area contributed by atoms with Crippen LogP contribution >= 0.6 is 0 Å². The number of nitrogens with one attached hydrogen (secondary N) is 1. The SMILES string of the molecule is O=C(Nc1ccc(-c2cc(N3CCC(O)CC3)ncn2)cc1)C(F)(F)F. The number of carbonyl (C=O) groups is 1. The third kappa shape index (κ3) is 4.29. The van der Waals surface area contributed by atoms with Gasteiger partial charge >= 0.3 is 12.1 Å². The van der Waals surface area contributed by atoms with Crippen LogP contribution in [0.1, 0.15) is 12.8 Å². The lowest BCUT2D eigenvalue weighted by Gasteiger charge is -2.30. The van der Waals surface area contributed by atoms with Gasteiger partial charge in [0.1, 0.15) is 12.1 Å². The number of hydrogen-bond acceptors (Lipinski definition) is 5. The summed E-state index contributed by atoms with van der Waals surface area (Å²) in [5.41, 5.74) is 1.36. The lowest BCUT2D eigenvalue weighted by atomic mass is 10.1. The highest BCUT2D eigenvalue weighted by Crippen LogP contribution is 2.25. The number of amides is 1. The van der Waals surface area contributed by atoms with E-state index in [2.05, 4.69) is 14.9 Å². The molecule has 26 heavy (non-hydrogen) atoms. The fourth-order valence-electron chi connectivity index (χ4n) is 2.70. The summed E-state index contributed by atoms with van der Waals surface area (Å²) in [6.07, 6.45) is -2.44. The summed E-state index contributed by atoms with van der Waals surface area (Å²) in [7, 11) is 0. The second-order valence-corrected chi connectivity index (χ2v) is 6.01. The van der Waals surface area contributed by atoms with E-state index in [0.717, 1.165) is 5.82 Å². The van der Waals surface area contributed by atoms with Crippen molar-refractivity contribution in [3.63, 3.8) is 0 Å². The van der Waals surface area contributed by atoms with E-state index < -0.39 is 12.1 Å². The molecule has 0 aliphatic carbocycles. The molecule has 2 aromatic rings. The van der Waals surface area contributed by atoms with E-state index in [1.807, 2.05) is 0 Å². The number of anilines is 2. The van der Waals surface area contributed by atoms with Gasteiger partial charge in [0.05, 0.1) is 11.8 Å². The Hall–Kier alpha value is -2.68. The van der Waals surface area contributed by atoms with Gasteiger partial charge in [-0.3, -0.25) is 4.79 Å². The van der Waals surface area contributed by atoms with Crippen molar-refractivity contribution in [1.29, 1.82) is 0 Å². The van der Waals surface area contributed by atoms with E-state index in [0.29, 0.717) is 37.2 Å². The number of piperidine rings is 1. The van der Waals surface area contributed by atoms with E-state index in [4.69, 9.17) is 0 Å². The minimum absolute atomic E-state index is 0.0513. The fraction of sp³-hybridized carbons (Fsp3) is 0.353. The molecule has 0 spiro atoms. The molecule has 9 heteroatoms. The molecule has 0 radical (unpaired) electrons. The Labute approximate surface area is 147 Å². The summed E-state index contributed by atoms with van der Waals surface area (Å²) in [5, 5.41) is 11.4. The number of aromatic nitrogens is 2. The zero-order valence-electron chi connectivity index (χ0n) is 13.7. The van der Waals surface area contributed by atoms with Crippen molar-refractivity contribution in [1.82, 2.24) is 9.97 Å². The number of nitrogens with zero attached hydrogens (tertiary/aromatic N) is 3. The summed E-state index contributed by atoms with van der Waals surface area (Å²) < 4.78 is 36.8. The van der Waals surface area contributed by atoms with Crippen LogP contribution in [-0.4, -0.2) is 46.4 Å². The van der Waals surface area contributed by atoms with E-state index in [1.165, 1.54) is 18.5 Å². The minimum Gasteiger partial charge on any atom is -0.393 e. The normalized spacial score (nSPS) is 15.8. The average Bonchev–Trinajstić information content (AvgIpc) is 2.62. The van der Waals surface area contributed by atoms with Crippen molar-refractivity contribution < 1.29 is 23.1 Å². The zero-order chi connectivity index (χ0) is 18.7. The summed E-state index contributed by atoms with van der Waals surface area (Å²) in [6.45, 7) is 1.39. The van der Waals surface area contributed by atoms with Crippen LogP contribution in [0.5, 0.6) is 0 Å². The maximum atomic E-state index is 12.3. The molecule has 1 aromatic carbocycles. The van der Waals surface area contributed by atoms with E-state index >= 15 is 0 Å². The van der Waals surface area contributed by atoms with Crippen LogP contribution in [0.3, 0.4) is 0 Å². The Balaban J connectivity index is 1.73. The highest BCUT2D eigenvalue weighted by Gasteiger charge is 2.38. The van der Waals surface area contributed by atoms with Crippen molar-refractivity contribution in [3.05, 3.63) is 36.7 Å². The first kappa shape index (κ1) is 18.1. The monoisotopic (exact) mass is 366 g/mol. The molecule has 6 nitrogen and oxygen atoms in total. The molecule has 2 N–H and O–H groups in total. The second kappa shape index (κ2) is 7.28. The van der Waals surface area contributed by atoms with Crippen LogP contribution in [0, 0.1) is 0 Å². The zero-order valence-corrected chi connectivity index (χ0v) is 13.7. The number of aliphatic hydroxyl groups is 1. The number of aliphatic hydroxyl groups excluding tert-OH is 1. The standard InChI is InChI=1S/C17H17F3N4O2/c18-17(19,20)16(26)23-12-3-1-11(2-4-12)14-9-15(22-10-21-14)24-7-5-13(25)6-8-24/h1-4,9-10,13,25H,5-8H2,(H,23,26). The van der Waals surface area contributed by atoms with Gasteiger partial charge in [-0.2, -0.15) is 13.2 Å². The Bertz CT molecular complexity index is 772. The lowest BCUT2D eigenvalue weighted by Crippen LogP contribution is -2.36. The summed E-state index contributed by atoms with van der Waals surface area (Å²) in [4.78, 5) is 21.4. The van der Waals surface area contributed by atoms with Gasteiger partial charge in [-0.1, -0.05) is 12.1 Å². The molecule has 1 amide bonds. The summed E-state index contributed by atoms with van der Waals surface area (Å²) in [6, 6.07) is 7.73. The van der Waals surface area contributed by atoms with Crippen molar-refractivity contribution in [3.8, 4) is 11.3 Å². The van der Waals surface area contributed by atoms with Crippen molar-refractivity contribution in [2.45, 2.75) is 25.1 Å². The number of carbonyl (C=O) groups excluding carboxylic acids is 1. The Morgan fingerprint density at radius 2 is 1.81 bits per heavy atom. The first-order valence-electron chi connectivity index (χ1n) is 8.06. The molecule has 0 unspecified atom stereocenters. The smallest absolute Gasteiger partial charge is 0.393 e. The van der Waals surface area contributed by atoms with Gasteiger partial charge < -0.3 is 15.3 Å². The van der Waals surface area contributed by atoms with Gasteiger partial charge in [-0.25, -0.2) is 9.97 Å². The highest BCUT2D eigenvalue weighted by atomic mass is 19.4. The number of rotatable bonds is 3. The molecule has 3 rings (SSSR count). The predicted octanol–water partition coefficient (Wildman–Crippen LogP) is 2.61. The summed E-state index contributed by atoms with van der Waals surface area (Å²) in [5.74, 6) is -1.28. The van der Waals surface area contributed by atoms with E-state index in [1.54, 1.807) is 23.5 Å². The third-order valence-electron chi connectivity index (χ3n) is 4.14. The second-order valence-electron chi connectivity index (χ2n) is 6.01. The number of halogens is 3. The van der Waals surface area contributed by atoms with Crippen molar-refractivity contribution in [2.75, 3.05) is 23.3 Å². The van der Waals surface area contributed by atoms with Crippen LogP contribution in [0.15, 0.2) is 36.7 Å². The van der Waals surface area contributed by atoms with E-state index in [-0.39, 0.29) is 11.8 Å². The molecule has 1 fully saturated rings. The van der Waals surface area contributed by atoms with Crippen molar-refractivity contribution >= 4 is 17.4 Å². The number of hydrogen-bond donors (Lipinski definition) is 2. The molecule has 0 bridgehead atoms. The molecule has 2 heterocycles. The van der Waals surface area contributed by atoms with Crippen LogP contribution in [0.25, 0.3) is 11.3 Å². The molecular formula is C17H17F3N4O2. The first-order valence-corrected chi connectivity index (χ1v) is 8.06. The van der Waals surface area contributed by atoms with Crippen molar-refractivity contribution in [2.24, 2.45) is 0 Å². The number of alkyl halides is 3. The first-order chi connectivity index (χ1) is 12.3.